The van der Waals surface area contributed by atoms with Gasteiger partial charge in [-0.1, -0.05) is 23.2 Å². The first kappa shape index (κ1) is 18.7. The topological polar surface area (TPSA) is 111 Å². The van der Waals surface area contributed by atoms with E-state index in [0.29, 0.717) is 11.3 Å². The van der Waals surface area contributed by atoms with Crippen LogP contribution in [0.3, 0.4) is 0 Å². The number of nitrogens with two attached hydrogens (primary N) is 1. The number of pyridine rings is 1. The van der Waals surface area contributed by atoms with Crippen LogP contribution >= 0.6 is 23.2 Å². The van der Waals surface area contributed by atoms with E-state index >= 15 is 0 Å². The van der Waals surface area contributed by atoms with Crippen molar-refractivity contribution < 1.29 is 19.1 Å². The Kier molecular flexibility index (Phi) is 5.95. The molecule has 0 saturated heterocycles. The van der Waals surface area contributed by atoms with Gasteiger partial charge in [-0.2, -0.15) is 0 Å². The molecule has 0 bridgehead atoms. The summed E-state index contributed by atoms with van der Waals surface area (Å²) in [6, 6.07) is 7.25. The predicted octanol–water partition coefficient (Wildman–Crippen LogP) is 2.67. The standard InChI is InChI=1S/C16H13Cl2N3O4/c1-8(25-16(24)10-6-12(17)13(18)20-7-10)15(23)21-11-4-2-9(3-5-11)14(19)22/h2-8H,1H3,(H2,19,22)(H,21,23)/t8-/m1/s1. The number of rotatable bonds is 5. The maximum Gasteiger partial charge on any atom is 0.340 e. The Hall–Kier alpha value is -2.64. The Morgan fingerprint density at radius 1 is 1.16 bits per heavy atom. The molecule has 0 fully saturated rings. The number of hydrogen-bond donors (Lipinski definition) is 2. The molecule has 7 nitrogen and oxygen atoms in total. The van der Waals surface area contributed by atoms with Crippen molar-refractivity contribution in [1.29, 1.82) is 0 Å². The van der Waals surface area contributed by atoms with Gasteiger partial charge in [-0.15, -0.1) is 0 Å². The molecular formula is C16H13Cl2N3O4. The summed E-state index contributed by atoms with van der Waals surface area (Å²) in [5.74, 6) is -1.89. The summed E-state index contributed by atoms with van der Waals surface area (Å²) in [7, 11) is 0. The molecule has 0 aliphatic heterocycles. The number of nitrogens with zero attached hydrogens (tertiary/aromatic N) is 1. The van der Waals surface area contributed by atoms with Crippen molar-refractivity contribution in [2.45, 2.75) is 13.0 Å². The lowest BCUT2D eigenvalue weighted by Gasteiger charge is -2.13. The van der Waals surface area contributed by atoms with Gasteiger partial charge in [0.2, 0.25) is 5.91 Å². The summed E-state index contributed by atoms with van der Waals surface area (Å²) in [5, 5.41) is 2.71. The molecule has 25 heavy (non-hydrogen) atoms. The zero-order valence-electron chi connectivity index (χ0n) is 13.0. The van der Waals surface area contributed by atoms with Crippen LogP contribution in [0.15, 0.2) is 36.5 Å². The van der Waals surface area contributed by atoms with E-state index < -0.39 is 23.9 Å². The molecule has 1 aromatic heterocycles. The van der Waals surface area contributed by atoms with Gasteiger partial charge >= 0.3 is 5.97 Å². The molecule has 3 N–H and O–H groups in total. The van der Waals surface area contributed by atoms with Crippen LogP contribution in [-0.4, -0.2) is 28.9 Å². The van der Waals surface area contributed by atoms with Gasteiger partial charge in [-0.05, 0) is 37.3 Å². The van der Waals surface area contributed by atoms with Gasteiger partial charge in [-0.3, -0.25) is 9.59 Å². The molecule has 1 aromatic carbocycles. The number of primary amides is 1. The lowest BCUT2D eigenvalue weighted by atomic mass is 10.2. The second-order valence-electron chi connectivity index (χ2n) is 4.98. The third-order valence-electron chi connectivity index (χ3n) is 3.12. The monoisotopic (exact) mass is 381 g/mol. The molecule has 2 rings (SSSR count). The predicted molar refractivity (Wildman–Crippen MR) is 92.7 cm³/mol. The lowest BCUT2D eigenvalue weighted by molar-refractivity contribution is -0.123. The van der Waals surface area contributed by atoms with E-state index in [4.69, 9.17) is 33.7 Å². The minimum atomic E-state index is -1.07. The van der Waals surface area contributed by atoms with Crippen molar-refractivity contribution >= 4 is 46.7 Å². The van der Waals surface area contributed by atoms with Crippen LogP contribution in [0, 0.1) is 0 Å². The Balaban J connectivity index is 1.98. The first-order chi connectivity index (χ1) is 11.8. The van der Waals surface area contributed by atoms with Crippen LogP contribution in [0.1, 0.15) is 27.6 Å². The molecule has 0 unspecified atom stereocenters. The molecule has 9 heteroatoms. The van der Waals surface area contributed by atoms with Crippen molar-refractivity contribution in [3.8, 4) is 0 Å². The summed E-state index contributed by atoms with van der Waals surface area (Å²) in [6.45, 7) is 1.41. The second-order valence-corrected chi connectivity index (χ2v) is 5.74. The summed E-state index contributed by atoms with van der Waals surface area (Å²) < 4.78 is 5.06. The van der Waals surface area contributed by atoms with Crippen molar-refractivity contribution in [3.05, 3.63) is 57.8 Å². The maximum atomic E-state index is 12.1. The molecule has 0 radical (unpaired) electrons. The summed E-state index contributed by atoms with van der Waals surface area (Å²) >= 11 is 11.5. The maximum absolute atomic E-state index is 12.1. The number of benzene rings is 1. The quantitative estimate of drug-likeness (QED) is 0.610. The van der Waals surface area contributed by atoms with Gasteiger partial charge < -0.3 is 15.8 Å². The molecular weight excluding hydrogens is 369 g/mol. The highest BCUT2D eigenvalue weighted by atomic mass is 35.5. The SMILES string of the molecule is C[C@@H](OC(=O)c1cnc(Cl)c(Cl)c1)C(=O)Nc1ccc(C(N)=O)cc1. The number of carbonyl (C=O) groups excluding carboxylic acids is 3. The molecule has 0 aliphatic rings. The number of nitrogens with one attached hydrogen (secondary N) is 1. The minimum Gasteiger partial charge on any atom is -0.449 e. The van der Waals surface area contributed by atoms with E-state index in [9.17, 15) is 14.4 Å². The highest BCUT2D eigenvalue weighted by molar-refractivity contribution is 6.41. The average Bonchev–Trinajstić information content (AvgIpc) is 2.57. The van der Waals surface area contributed by atoms with Crippen molar-refractivity contribution in [2.24, 2.45) is 5.73 Å². The number of anilines is 1. The van der Waals surface area contributed by atoms with Gasteiger partial charge in [0, 0.05) is 17.4 Å². The zero-order valence-corrected chi connectivity index (χ0v) is 14.5. The van der Waals surface area contributed by atoms with Crippen molar-refractivity contribution in [1.82, 2.24) is 4.98 Å². The Bertz CT molecular complexity index is 825. The van der Waals surface area contributed by atoms with E-state index in [0.717, 1.165) is 0 Å². The number of aromatic nitrogens is 1. The van der Waals surface area contributed by atoms with Gasteiger partial charge in [0.05, 0.1) is 10.6 Å². The molecule has 0 spiro atoms. The van der Waals surface area contributed by atoms with Crippen LogP contribution in [0.2, 0.25) is 10.2 Å². The van der Waals surface area contributed by atoms with Crippen molar-refractivity contribution in [3.63, 3.8) is 0 Å². The van der Waals surface area contributed by atoms with Crippen LogP contribution < -0.4 is 11.1 Å². The number of esters is 1. The number of carbonyl (C=O) groups is 3. The first-order valence-corrected chi connectivity index (χ1v) is 7.76. The summed E-state index contributed by atoms with van der Waals surface area (Å²) in [6.07, 6.45) is 0.127. The van der Waals surface area contributed by atoms with Crippen molar-refractivity contribution in [2.75, 3.05) is 5.32 Å². The van der Waals surface area contributed by atoms with Crippen LogP contribution in [0.5, 0.6) is 0 Å². The van der Waals surface area contributed by atoms with Crippen LogP contribution in [0.4, 0.5) is 5.69 Å². The first-order valence-electron chi connectivity index (χ1n) is 7.00. The number of halogens is 2. The molecule has 0 aliphatic carbocycles. The molecule has 1 heterocycles. The van der Waals surface area contributed by atoms with E-state index in [1.54, 1.807) is 0 Å². The minimum absolute atomic E-state index is 0.0587. The Morgan fingerprint density at radius 3 is 2.36 bits per heavy atom. The smallest absolute Gasteiger partial charge is 0.340 e. The third kappa shape index (κ3) is 4.91. The Labute approximate surface area is 153 Å². The summed E-state index contributed by atoms with van der Waals surface area (Å²) in [4.78, 5) is 38.8. The molecule has 2 aromatic rings. The lowest BCUT2D eigenvalue weighted by Crippen LogP contribution is -2.30. The fourth-order valence-electron chi connectivity index (χ4n) is 1.78. The van der Waals surface area contributed by atoms with Gasteiger partial charge in [0.1, 0.15) is 5.15 Å². The largest absolute Gasteiger partial charge is 0.449 e. The van der Waals surface area contributed by atoms with Gasteiger partial charge in [0.15, 0.2) is 6.10 Å². The van der Waals surface area contributed by atoms with Crippen LogP contribution in [-0.2, 0) is 9.53 Å². The van der Waals surface area contributed by atoms with Gasteiger partial charge in [0.25, 0.3) is 5.91 Å². The number of amides is 2. The fraction of sp³-hybridized carbons (Fsp3) is 0.125. The molecule has 0 saturated carbocycles. The molecule has 1 atom stereocenters. The molecule has 2 amide bonds. The van der Waals surface area contributed by atoms with E-state index in [2.05, 4.69) is 10.3 Å². The van der Waals surface area contributed by atoms with E-state index in [1.165, 1.54) is 43.5 Å². The number of hydrogen-bond acceptors (Lipinski definition) is 5. The van der Waals surface area contributed by atoms with E-state index in [1.807, 2.05) is 0 Å². The van der Waals surface area contributed by atoms with E-state index in [-0.39, 0.29) is 15.7 Å². The Morgan fingerprint density at radius 2 is 1.80 bits per heavy atom. The fourth-order valence-corrected chi connectivity index (χ4v) is 2.05. The highest BCUT2D eigenvalue weighted by Crippen LogP contribution is 2.20. The van der Waals surface area contributed by atoms with Crippen LogP contribution in [0.25, 0.3) is 0 Å². The highest BCUT2D eigenvalue weighted by Gasteiger charge is 2.20. The van der Waals surface area contributed by atoms with Gasteiger partial charge in [-0.25, -0.2) is 9.78 Å². The summed E-state index contributed by atoms with van der Waals surface area (Å²) in [5.41, 5.74) is 5.94. The molecule has 130 valence electrons. The average molecular weight is 382 g/mol. The third-order valence-corrected chi connectivity index (χ3v) is 3.81. The zero-order chi connectivity index (χ0) is 18.6. The normalized spacial score (nSPS) is 11.5. The number of ether oxygens (including phenoxy) is 1. The second kappa shape index (κ2) is 7.96.